The van der Waals surface area contributed by atoms with Crippen molar-refractivity contribution in [2.75, 3.05) is 6.61 Å². The second-order valence-electron chi connectivity index (χ2n) is 7.19. The predicted molar refractivity (Wildman–Crippen MR) is 126 cm³/mol. The lowest BCUT2D eigenvalue weighted by molar-refractivity contribution is -0.114. The molecule has 0 fully saturated rings. The minimum Gasteiger partial charge on any atom is -0.487 e. The monoisotopic (exact) mass is 442 g/mol. The Bertz CT molecular complexity index is 1310. The predicted octanol–water partition coefficient (Wildman–Crippen LogP) is 4.95. The van der Waals surface area contributed by atoms with Gasteiger partial charge in [-0.15, -0.1) is 0 Å². The third kappa shape index (κ3) is 4.00. The highest BCUT2D eigenvalue weighted by atomic mass is 32.2. The molecule has 0 saturated heterocycles. The molecule has 7 nitrogen and oxygen atoms in total. The molecular formula is C24H18N4O3S. The Labute approximate surface area is 188 Å². The van der Waals surface area contributed by atoms with Crippen molar-refractivity contribution in [3.8, 4) is 17.1 Å². The van der Waals surface area contributed by atoms with Crippen molar-refractivity contribution >= 4 is 39.8 Å². The van der Waals surface area contributed by atoms with Crippen LogP contribution in [0.4, 0.5) is 0 Å². The van der Waals surface area contributed by atoms with Crippen LogP contribution < -0.4 is 4.74 Å². The van der Waals surface area contributed by atoms with Gasteiger partial charge >= 0.3 is 0 Å². The van der Waals surface area contributed by atoms with Gasteiger partial charge in [-0.05, 0) is 54.6 Å². The van der Waals surface area contributed by atoms with Gasteiger partial charge in [0, 0.05) is 5.56 Å². The topological polar surface area (TPSA) is 91.2 Å². The first kappa shape index (κ1) is 20.0. The molecule has 5 rings (SSSR count). The van der Waals surface area contributed by atoms with Crippen molar-refractivity contribution in [3.63, 3.8) is 0 Å². The number of furan rings is 1. The normalized spacial score (nSPS) is 16.8. The van der Waals surface area contributed by atoms with Crippen LogP contribution in [0.3, 0.4) is 0 Å². The molecule has 158 valence electrons. The Morgan fingerprint density at radius 2 is 1.97 bits per heavy atom. The van der Waals surface area contributed by atoms with E-state index in [1.54, 1.807) is 6.07 Å². The zero-order valence-corrected chi connectivity index (χ0v) is 17.9. The van der Waals surface area contributed by atoms with E-state index in [0.29, 0.717) is 21.7 Å². The van der Waals surface area contributed by atoms with E-state index in [9.17, 15) is 4.79 Å². The number of amidine groups is 2. The van der Waals surface area contributed by atoms with Crippen molar-refractivity contribution in [3.05, 3.63) is 83.6 Å². The van der Waals surface area contributed by atoms with Crippen LogP contribution >= 0.6 is 11.8 Å². The van der Waals surface area contributed by atoms with Crippen LogP contribution in [0.2, 0.25) is 0 Å². The fourth-order valence-corrected chi connectivity index (χ4v) is 4.07. The molecule has 1 N–H and O–H groups in total. The summed E-state index contributed by atoms with van der Waals surface area (Å²) in [6.45, 7) is 2.22. The largest absolute Gasteiger partial charge is 0.487 e. The van der Waals surface area contributed by atoms with Gasteiger partial charge in [-0.3, -0.25) is 10.2 Å². The number of ether oxygens (including phenoxy) is 1. The molecule has 3 aromatic rings. The number of thioether (sulfide) groups is 1. The number of aryl methyl sites for hydroxylation is 1. The highest BCUT2D eigenvalue weighted by Gasteiger charge is 2.36. The molecule has 0 radical (unpaired) electrons. The third-order valence-corrected chi connectivity index (χ3v) is 5.70. The van der Waals surface area contributed by atoms with Crippen LogP contribution in [0.15, 0.2) is 86.8 Å². The van der Waals surface area contributed by atoms with E-state index in [-0.39, 0.29) is 18.0 Å². The molecule has 1 aromatic heterocycles. The average molecular weight is 443 g/mol. The number of nitrogens with zero attached hydrogens (tertiary/aromatic N) is 3. The number of nitrogens with one attached hydrogen (secondary N) is 1. The Kier molecular flexibility index (Phi) is 5.20. The maximum absolute atomic E-state index is 12.6. The number of hydrogen-bond donors (Lipinski definition) is 1. The van der Waals surface area contributed by atoms with E-state index in [0.717, 1.165) is 16.9 Å². The van der Waals surface area contributed by atoms with E-state index >= 15 is 0 Å². The molecule has 32 heavy (non-hydrogen) atoms. The van der Waals surface area contributed by atoms with Crippen molar-refractivity contribution in [1.29, 1.82) is 5.41 Å². The number of hydrogen-bond acceptors (Lipinski definition) is 6. The van der Waals surface area contributed by atoms with Gasteiger partial charge < -0.3 is 9.15 Å². The summed E-state index contributed by atoms with van der Waals surface area (Å²) in [6, 6.07) is 21.0. The molecule has 0 bridgehead atoms. The second kappa shape index (κ2) is 8.32. The van der Waals surface area contributed by atoms with Crippen LogP contribution in [0.25, 0.3) is 17.4 Å². The maximum atomic E-state index is 12.6. The molecule has 2 aliphatic rings. The zero-order valence-electron chi connectivity index (χ0n) is 17.1. The van der Waals surface area contributed by atoms with Gasteiger partial charge in [0.15, 0.2) is 5.84 Å². The summed E-state index contributed by atoms with van der Waals surface area (Å²) in [4.78, 5) is 16.7. The van der Waals surface area contributed by atoms with Gasteiger partial charge in [-0.25, -0.2) is 0 Å². The van der Waals surface area contributed by atoms with Crippen LogP contribution in [0, 0.1) is 12.3 Å². The Balaban J connectivity index is 1.34. The number of amides is 1. The summed E-state index contributed by atoms with van der Waals surface area (Å²) in [5.74, 6) is 1.34. The fourth-order valence-electron chi connectivity index (χ4n) is 3.27. The van der Waals surface area contributed by atoms with E-state index in [1.165, 1.54) is 22.8 Å². The Morgan fingerprint density at radius 3 is 2.78 bits per heavy atom. The van der Waals surface area contributed by atoms with E-state index in [4.69, 9.17) is 14.6 Å². The van der Waals surface area contributed by atoms with E-state index in [2.05, 4.69) is 10.1 Å². The molecular weight excluding hydrogens is 424 g/mol. The molecule has 0 spiro atoms. The number of carbonyl (C=O) groups is 1. The number of aliphatic imine (C=N–C) groups is 1. The number of rotatable bonds is 5. The quantitative estimate of drug-likeness (QED) is 0.565. The Hall–Kier alpha value is -3.91. The van der Waals surface area contributed by atoms with Crippen LogP contribution in [0.1, 0.15) is 11.3 Å². The van der Waals surface area contributed by atoms with Gasteiger partial charge in [-0.2, -0.15) is 15.1 Å². The Morgan fingerprint density at radius 1 is 1.12 bits per heavy atom. The van der Waals surface area contributed by atoms with Crippen molar-refractivity contribution in [2.24, 2.45) is 10.1 Å². The van der Waals surface area contributed by atoms with Crippen molar-refractivity contribution in [1.82, 2.24) is 5.01 Å². The number of benzene rings is 2. The molecule has 0 aliphatic carbocycles. The van der Waals surface area contributed by atoms with Crippen molar-refractivity contribution < 1.29 is 13.9 Å². The molecule has 0 atom stereocenters. The summed E-state index contributed by atoms with van der Waals surface area (Å²) in [7, 11) is 0. The minimum absolute atomic E-state index is 0.0456. The lowest BCUT2D eigenvalue weighted by Crippen LogP contribution is -2.35. The van der Waals surface area contributed by atoms with E-state index < -0.39 is 5.91 Å². The lowest BCUT2D eigenvalue weighted by Gasteiger charge is -2.19. The van der Waals surface area contributed by atoms with Crippen molar-refractivity contribution in [2.45, 2.75) is 6.92 Å². The van der Waals surface area contributed by atoms with Gasteiger partial charge in [0.1, 0.15) is 28.9 Å². The van der Waals surface area contributed by atoms with Gasteiger partial charge in [0.2, 0.25) is 5.17 Å². The van der Waals surface area contributed by atoms with Crippen LogP contribution in [-0.4, -0.2) is 33.6 Å². The van der Waals surface area contributed by atoms with Gasteiger partial charge in [-0.1, -0.05) is 42.5 Å². The first-order valence-corrected chi connectivity index (χ1v) is 10.7. The first-order chi connectivity index (χ1) is 15.6. The average Bonchev–Trinajstić information content (AvgIpc) is 3.43. The van der Waals surface area contributed by atoms with Crippen LogP contribution in [-0.2, 0) is 4.79 Å². The second-order valence-corrected chi connectivity index (χ2v) is 8.23. The molecule has 2 aliphatic heterocycles. The summed E-state index contributed by atoms with van der Waals surface area (Å²) >= 11 is 1.22. The smallest absolute Gasteiger partial charge is 0.283 e. The minimum atomic E-state index is -0.498. The SMILES string of the molecule is Cc1cccc(OCC2=NN3C(=N)C(=Cc4ccc(-c5ccccc5)o4)C(=O)N=C3S2)c1. The summed E-state index contributed by atoms with van der Waals surface area (Å²) in [5, 5.41) is 15.2. The maximum Gasteiger partial charge on any atom is 0.283 e. The summed E-state index contributed by atoms with van der Waals surface area (Å²) in [6.07, 6.45) is 1.53. The molecule has 0 unspecified atom stereocenters. The molecule has 1 amide bonds. The molecule has 0 saturated carbocycles. The molecule has 8 heteroatoms. The summed E-state index contributed by atoms with van der Waals surface area (Å²) in [5.41, 5.74) is 2.15. The number of fused-ring (bicyclic) bond motifs is 1. The molecule has 2 aromatic carbocycles. The van der Waals surface area contributed by atoms with E-state index in [1.807, 2.05) is 67.6 Å². The standard InChI is InChI=1S/C24H18N4O3S/c1-15-6-5-9-17(12-15)30-14-21-27-28-22(25)19(23(29)26-24(28)32-21)13-18-10-11-20(31-18)16-7-3-2-4-8-16/h2-13,25H,14H2,1H3. The number of hydrazone groups is 1. The number of carbonyl (C=O) groups excluding carboxylic acids is 1. The van der Waals surface area contributed by atoms with Gasteiger partial charge in [0.05, 0.1) is 5.57 Å². The zero-order chi connectivity index (χ0) is 22.1. The fraction of sp³-hybridized carbons (Fsp3) is 0.0833. The van der Waals surface area contributed by atoms with Crippen LogP contribution in [0.5, 0.6) is 5.75 Å². The summed E-state index contributed by atoms with van der Waals surface area (Å²) < 4.78 is 11.6. The lowest BCUT2D eigenvalue weighted by atomic mass is 10.1. The first-order valence-electron chi connectivity index (χ1n) is 9.91. The van der Waals surface area contributed by atoms with Gasteiger partial charge in [0.25, 0.3) is 5.91 Å². The third-order valence-electron chi connectivity index (χ3n) is 4.82. The highest BCUT2D eigenvalue weighted by molar-refractivity contribution is 8.27. The highest BCUT2D eigenvalue weighted by Crippen LogP contribution is 2.30. The molecule has 3 heterocycles.